The highest BCUT2D eigenvalue weighted by atomic mass is 35.5. The van der Waals surface area contributed by atoms with Crippen LogP contribution in [0.3, 0.4) is 0 Å². The van der Waals surface area contributed by atoms with Crippen LogP contribution in [0.5, 0.6) is 0 Å². The lowest BCUT2D eigenvalue weighted by Crippen LogP contribution is -2.37. The fraction of sp³-hybridized carbons (Fsp3) is 0.375. The van der Waals surface area contributed by atoms with E-state index in [0.717, 1.165) is 12.4 Å². The molecule has 0 saturated heterocycles. The zero-order valence-corrected chi connectivity index (χ0v) is 11.1. The van der Waals surface area contributed by atoms with Gasteiger partial charge in [0.1, 0.15) is 5.15 Å². The first-order valence-electron chi connectivity index (χ1n) is 4.77. The predicted molar refractivity (Wildman–Crippen MR) is 64.3 cm³/mol. The lowest BCUT2D eigenvalue weighted by atomic mass is 10.5. The Morgan fingerprint density at radius 3 is 2.56 bits per heavy atom. The molecule has 0 atom stereocenters. The summed E-state index contributed by atoms with van der Waals surface area (Å²) in [7, 11) is -4.11. The van der Waals surface area contributed by atoms with Crippen LogP contribution < -0.4 is 9.44 Å². The van der Waals surface area contributed by atoms with Gasteiger partial charge in [-0.25, -0.2) is 24.2 Å². The van der Waals surface area contributed by atoms with Gasteiger partial charge in [-0.05, 0) is 13.8 Å². The third-order valence-corrected chi connectivity index (χ3v) is 2.53. The van der Waals surface area contributed by atoms with Crippen molar-refractivity contribution in [2.45, 2.75) is 20.0 Å². The van der Waals surface area contributed by atoms with Gasteiger partial charge in [-0.15, -0.1) is 0 Å². The minimum Gasteiger partial charge on any atom is -0.446 e. The molecule has 1 amide bonds. The Morgan fingerprint density at radius 2 is 2.06 bits per heavy atom. The van der Waals surface area contributed by atoms with Crippen LogP contribution in [-0.4, -0.2) is 30.6 Å². The minimum atomic E-state index is -4.11. The van der Waals surface area contributed by atoms with Gasteiger partial charge in [-0.3, -0.25) is 0 Å². The quantitative estimate of drug-likeness (QED) is 0.854. The van der Waals surface area contributed by atoms with Gasteiger partial charge in [0.2, 0.25) is 0 Å². The molecule has 0 aliphatic carbocycles. The van der Waals surface area contributed by atoms with Crippen LogP contribution >= 0.6 is 11.6 Å². The number of carbonyl (C=O) groups excluding carboxylic acids is 1. The van der Waals surface area contributed by atoms with E-state index >= 15 is 0 Å². The predicted octanol–water partition coefficient (Wildman–Crippen LogP) is 0.921. The van der Waals surface area contributed by atoms with Gasteiger partial charge in [-0.1, -0.05) is 11.6 Å². The molecule has 0 aliphatic rings. The third kappa shape index (κ3) is 5.15. The highest BCUT2D eigenvalue weighted by Gasteiger charge is 2.16. The Kier molecular flexibility index (Phi) is 4.68. The molecular formula is C8H11ClN4O4S. The smallest absolute Gasteiger partial charge is 0.422 e. The van der Waals surface area contributed by atoms with E-state index in [1.807, 2.05) is 4.72 Å². The molecule has 8 nitrogen and oxygen atoms in total. The van der Waals surface area contributed by atoms with E-state index in [1.165, 1.54) is 0 Å². The van der Waals surface area contributed by atoms with Crippen LogP contribution in [0.4, 0.5) is 10.6 Å². The first-order chi connectivity index (χ1) is 8.28. The van der Waals surface area contributed by atoms with Crippen molar-refractivity contribution in [3.05, 3.63) is 17.5 Å². The highest BCUT2D eigenvalue weighted by molar-refractivity contribution is 7.91. The Morgan fingerprint density at radius 1 is 1.39 bits per heavy atom. The van der Waals surface area contributed by atoms with E-state index in [9.17, 15) is 13.2 Å². The number of nitrogens with one attached hydrogen (secondary N) is 2. The van der Waals surface area contributed by atoms with E-state index in [1.54, 1.807) is 18.6 Å². The summed E-state index contributed by atoms with van der Waals surface area (Å²) < 4.78 is 31.2. The Hall–Kier alpha value is -1.61. The van der Waals surface area contributed by atoms with Gasteiger partial charge >= 0.3 is 16.3 Å². The van der Waals surface area contributed by atoms with Crippen molar-refractivity contribution >= 4 is 33.7 Å². The molecule has 18 heavy (non-hydrogen) atoms. The zero-order valence-electron chi connectivity index (χ0n) is 9.55. The van der Waals surface area contributed by atoms with Crippen molar-refractivity contribution in [1.29, 1.82) is 0 Å². The average Bonchev–Trinajstić information content (AvgIpc) is 2.18. The molecule has 0 aliphatic heterocycles. The number of halogens is 1. The van der Waals surface area contributed by atoms with Crippen LogP contribution in [-0.2, 0) is 14.9 Å². The van der Waals surface area contributed by atoms with E-state index < -0.39 is 22.4 Å². The van der Waals surface area contributed by atoms with Gasteiger partial charge in [0.05, 0.1) is 18.5 Å². The maximum atomic E-state index is 11.5. The number of amides is 1. The standard InChI is InChI=1S/C8H11ClN4O4S/c1-5(2)17-8(14)13-18(15,16)12-7-4-10-6(9)3-11-7/h3-5H,1-2H3,(H,11,12)(H,13,14). The maximum absolute atomic E-state index is 11.5. The van der Waals surface area contributed by atoms with Crippen molar-refractivity contribution in [3.8, 4) is 0 Å². The van der Waals surface area contributed by atoms with Crippen molar-refractivity contribution in [1.82, 2.24) is 14.7 Å². The summed E-state index contributed by atoms with van der Waals surface area (Å²) in [6, 6.07) is 0. The molecule has 1 rings (SSSR count). The molecule has 100 valence electrons. The summed E-state index contributed by atoms with van der Waals surface area (Å²) >= 11 is 5.48. The van der Waals surface area contributed by atoms with Crippen LogP contribution in [0.15, 0.2) is 12.4 Å². The summed E-state index contributed by atoms with van der Waals surface area (Å²) in [6.07, 6.45) is 0.747. The van der Waals surface area contributed by atoms with Crippen molar-refractivity contribution in [2.75, 3.05) is 4.72 Å². The number of anilines is 1. The van der Waals surface area contributed by atoms with Crippen LogP contribution in [0.1, 0.15) is 13.8 Å². The first-order valence-corrected chi connectivity index (χ1v) is 6.63. The van der Waals surface area contributed by atoms with Crippen molar-refractivity contribution < 1.29 is 17.9 Å². The molecule has 0 saturated carbocycles. The van der Waals surface area contributed by atoms with E-state index in [4.69, 9.17) is 11.6 Å². The van der Waals surface area contributed by atoms with Crippen molar-refractivity contribution in [2.24, 2.45) is 0 Å². The topological polar surface area (TPSA) is 110 Å². The number of hydrogen-bond acceptors (Lipinski definition) is 6. The Balaban J connectivity index is 2.65. The Labute approximate surface area is 109 Å². The molecule has 0 radical (unpaired) electrons. The molecule has 0 unspecified atom stereocenters. The number of ether oxygens (including phenoxy) is 1. The molecule has 1 heterocycles. The molecule has 1 aromatic rings. The van der Waals surface area contributed by atoms with Crippen LogP contribution in [0, 0.1) is 0 Å². The van der Waals surface area contributed by atoms with Gasteiger partial charge in [-0.2, -0.15) is 8.42 Å². The van der Waals surface area contributed by atoms with Crippen LogP contribution in [0.25, 0.3) is 0 Å². The maximum Gasteiger partial charge on any atom is 0.422 e. The van der Waals surface area contributed by atoms with Gasteiger partial charge in [0.25, 0.3) is 0 Å². The molecule has 0 aromatic carbocycles. The minimum absolute atomic E-state index is 0.0794. The molecule has 10 heteroatoms. The van der Waals surface area contributed by atoms with Gasteiger partial charge < -0.3 is 4.74 Å². The summed E-state index contributed by atoms with van der Waals surface area (Å²) in [6.45, 7) is 3.18. The van der Waals surface area contributed by atoms with Crippen molar-refractivity contribution in [3.63, 3.8) is 0 Å². The summed E-state index contributed by atoms with van der Waals surface area (Å²) in [5, 5.41) is 0.116. The largest absolute Gasteiger partial charge is 0.446 e. The van der Waals surface area contributed by atoms with Crippen LogP contribution in [0.2, 0.25) is 5.15 Å². The molecule has 0 bridgehead atoms. The average molecular weight is 295 g/mol. The van der Waals surface area contributed by atoms with E-state index in [0.29, 0.717) is 0 Å². The highest BCUT2D eigenvalue weighted by Crippen LogP contribution is 2.06. The first kappa shape index (κ1) is 14.5. The normalized spacial score (nSPS) is 11.1. The third-order valence-electron chi connectivity index (χ3n) is 1.42. The second-order valence-corrected chi connectivity index (χ2v) is 5.19. The van der Waals surface area contributed by atoms with E-state index in [2.05, 4.69) is 14.7 Å². The number of nitrogens with zero attached hydrogens (tertiary/aromatic N) is 2. The fourth-order valence-corrected chi connectivity index (χ4v) is 1.67. The fourth-order valence-electron chi connectivity index (χ4n) is 0.876. The SMILES string of the molecule is CC(C)OC(=O)NS(=O)(=O)Nc1cnc(Cl)cn1. The molecule has 0 spiro atoms. The molecule has 1 aromatic heterocycles. The zero-order chi connectivity index (χ0) is 13.8. The molecule has 0 fully saturated rings. The molecular weight excluding hydrogens is 284 g/mol. The summed E-state index contributed by atoms with van der Waals surface area (Å²) in [5.41, 5.74) is 0. The Bertz CT molecular complexity index is 516. The van der Waals surface area contributed by atoms with Gasteiger partial charge in [0.15, 0.2) is 5.82 Å². The second kappa shape index (κ2) is 5.83. The molecule has 2 N–H and O–H groups in total. The number of rotatable bonds is 4. The number of hydrogen-bond donors (Lipinski definition) is 2. The van der Waals surface area contributed by atoms with Gasteiger partial charge in [0, 0.05) is 0 Å². The summed E-state index contributed by atoms with van der Waals surface area (Å²) in [4.78, 5) is 18.4. The monoisotopic (exact) mass is 294 g/mol. The number of aromatic nitrogens is 2. The number of carbonyl (C=O) groups is 1. The second-order valence-electron chi connectivity index (χ2n) is 3.39. The van der Waals surface area contributed by atoms with E-state index in [-0.39, 0.29) is 11.0 Å². The summed E-state index contributed by atoms with van der Waals surface area (Å²) in [5.74, 6) is -0.0794. The lowest BCUT2D eigenvalue weighted by Gasteiger charge is -2.10. The lowest BCUT2D eigenvalue weighted by molar-refractivity contribution is 0.121.